The minimum Gasteiger partial charge on any atom is -0.497 e. The van der Waals surface area contributed by atoms with E-state index in [0.717, 1.165) is 17.1 Å². The minimum absolute atomic E-state index is 0.102. The third kappa shape index (κ3) is 6.32. The van der Waals surface area contributed by atoms with Crippen LogP contribution in [0, 0.1) is 5.92 Å². The van der Waals surface area contributed by atoms with E-state index in [9.17, 15) is 9.90 Å². The van der Waals surface area contributed by atoms with E-state index in [2.05, 4.69) is 18.7 Å². The van der Waals surface area contributed by atoms with Crippen molar-refractivity contribution in [3.05, 3.63) is 53.5 Å². The molecule has 0 saturated carbocycles. The molecular weight excluding hydrogens is 384 g/mol. The molecule has 2 aromatic rings. The molecule has 1 fully saturated rings. The number of furan rings is 1. The molecule has 1 aromatic heterocycles. The highest BCUT2D eigenvalue weighted by molar-refractivity contribution is 5.78. The van der Waals surface area contributed by atoms with Crippen LogP contribution >= 0.6 is 0 Å². The van der Waals surface area contributed by atoms with E-state index in [1.807, 2.05) is 35.2 Å². The Morgan fingerprint density at radius 1 is 1.20 bits per heavy atom. The zero-order chi connectivity index (χ0) is 21.5. The maximum atomic E-state index is 12.9. The average molecular weight is 417 g/mol. The fourth-order valence-corrected chi connectivity index (χ4v) is 3.68. The standard InChI is InChI=1S/C23H32N2O5/c1-17(2)10-25-13-22(29-16-18-5-4-6-19(9-18)28-3)12-24(14-23(25)27)11-20-7-8-21(15-26)30-20/h4-9,17,22,26H,10-16H2,1-3H3/t22-/m0/s1. The predicted molar refractivity (Wildman–Crippen MR) is 113 cm³/mol. The van der Waals surface area contributed by atoms with Crippen LogP contribution in [0.1, 0.15) is 30.9 Å². The number of amides is 1. The van der Waals surface area contributed by atoms with Crippen LogP contribution in [-0.2, 0) is 29.3 Å². The van der Waals surface area contributed by atoms with Crippen LogP contribution in [0.4, 0.5) is 0 Å². The second-order valence-corrected chi connectivity index (χ2v) is 8.17. The first kappa shape index (κ1) is 22.3. The lowest BCUT2D eigenvalue weighted by Crippen LogP contribution is -2.40. The molecule has 1 amide bonds. The van der Waals surface area contributed by atoms with Gasteiger partial charge in [0.25, 0.3) is 0 Å². The fraction of sp³-hybridized carbons (Fsp3) is 0.522. The number of rotatable bonds is 9. The lowest BCUT2D eigenvalue weighted by atomic mass is 10.2. The number of hydrogen-bond donors (Lipinski definition) is 1. The molecule has 0 aliphatic carbocycles. The summed E-state index contributed by atoms with van der Waals surface area (Å²) in [7, 11) is 1.65. The summed E-state index contributed by atoms with van der Waals surface area (Å²) in [6.45, 7) is 7.27. The fourth-order valence-electron chi connectivity index (χ4n) is 3.68. The number of carbonyl (C=O) groups is 1. The topological polar surface area (TPSA) is 75.4 Å². The largest absolute Gasteiger partial charge is 0.497 e. The van der Waals surface area contributed by atoms with Gasteiger partial charge >= 0.3 is 0 Å². The van der Waals surface area contributed by atoms with Gasteiger partial charge in [-0.05, 0) is 35.7 Å². The Hall–Kier alpha value is -2.35. The smallest absolute Gasteiger partial charge is 0.236 e. The molecule has 30 heavy (non-hydrogen) atoms. The zero-order valence-electron chi connectivity index (χ0n) is 18.0. The Labute approximate surface area is 178 Å². The molecule has 1 atom stereocenters. The van der Waals surface area contributed by atoms with Crippen LogP contribution in [0.5, 0.6) is 5.75 Å². The summed E-state index contributed by atoms with van der Waals surface area (Å²) in [4.78, 5) is 16.8. The van der Waals surface area contributed by atoms with Crippen LogP contribution < -0.4 is 4.74 Å². The van der Waals surface area contributed by atoms with Gasteiger partial charge in [-0.2, -0.15) is 0 Å². The van der Waals surface area contributed by atoms with E-state index >= 15 is 0 Å². The Balaban J connectivity index is 1.69. The summed E-state index contributed by atoms with van der Waals surface area (Å²) in [5, 5.41) is 9.22. The molecule has 2 heterocycles. The second-order valence-electron chi connectivity index (χ2n) is 8.17. The molecule has 1 aromatic carbocycles. The molecule has 1 saturated heterocycles. The van der Waals surface area contributed by atoms with E-state index in [4.69, 9.17) is 13.9 Å². The van der Waals surface area contributed by atoms with Crippen molar-refractivity contribution in [2.75, 3.05) is 33.3 Å². The highest BCUT2D eigenvalue weighted by atomic mass is 16.5. The number of ether oxygens (including phenoxy) is 2. The average Bonchev–Trinajstić information content (AvgIpc) is 3.12. The van der Waals surface area contributed by atoms with Gasteiger partial charge in [0.2, 0.25) is 5.91 Å². The van der Waals surface area contributed by atoms with Crippen LogP contribution in [0.15, 0.2) is 40.8 Å². The number of carbonyl (C=O) groups excluding carboxylic acids is 1. The van der Waals surface area contributed by atoms with E-state index < -0.39 is 0 Å². The number of methoxy groups -OCH3 is 1. The maximum absolute atomic E-state index is 12.9. The minimum atomic E-state index is -0.132. The van der Waals surface area contributed by atoms with Crippen molar-refractivity contribution in [3.8, 4) is 5.75 Å². The molecule has 0 radical (unpaired) electrons. The molecule has 0 bridgehead atoms. The number of nitrogens with zero attached hydrogens (tertiary/aromatic N) is 2. The number of aliphatic hydroxyl groups is 1. The zero-order valence-corrected chi connectivity index (χ0v) is 18.0. The van der Waals surface area contributed by atoms with Gasteiger partial charge in [-0.15, -0.1) is 0 Å². The Morgan fingerprint density at radius 3 is 2.70 bits per heavy atom. The Morgan fingerprint density at radius 2 is 2.00 bits per heavy atom. The van der Waals surface area contributed by atoms with Crippen molar-refractivity contribution in [2.45, 2.75) is 39.7 Å². The first-order chi connectivity index (χ1) is 14.5. The lowest BCUT2D eigenvalue weighted by Gasteiger charge is -2.26. The monoisotopic (exact) mass is 416 g/mol. The number of benzene rings is 1. The summed E-state index contributed by atoms with van der Waals surface area (Å²) in [5.41, 5.74) is 1.03. The van der Waals surface area contributed by atoms with Gasteiger partial charge in [-0.3, -0.25) is 9.69 Å². The highest BCUT2D eigenvalue weighted by Gasteiger charge is 2.29. The van der Waals surface area contributed by atoms with Crippen LogP contribution in [0.25, 0.3) is 0 Å². The molecule has 1 aliphatic rings. The van der Waals surface area contributed by atoms with Gasteiger partial charge in [0.05, 0.1) is 32.9 Å². The number of aliphatic hydroxyl groups excluding tert-OH is 1. The first-order valence-corrected chi connectivity index (χ1v) is 10.4. The van der Waals surface area contributed by atoms with E-state index in [-0.39, 0.29) is 18.6 Å². The van der Waals surface area contributed by atoms with Crippen LogP contribution in [0.2, 0.25) is 0 Å². The van der Waals surface area contributed by atoms with Gasteiger partial charge in [0.15, 0.2) is 0 Å². The van der Waals surface area contributed by atoms with Crippen molar-refractivity contribution in [1.82, 2.24) is 9.80 Å². The van der Waals surface area contributed by atoms with Gasteiger partial charge in [-0.1, -0.05) is 26.0 Å². The molecule has 164 valence electrons. The molecule has 1 aliphatic heterocycles. The van der Waals surface area contributed by atoms with Gasteiger partial charge < -0.3 is 23.9 Å². The third-order valence-electron chi connectivity index (χ3n) is 5.06. The summed E-state index contributed by atoms with van der Waals surface area (Å²) >= 11 is 0. The van der Waals surface area contributed by atoms with Crippen molar-refractivity contribution >= 4 is 5.91 Å². The molecule has 0 unspecified atom stereocenters. The van der Waals surface area contributed by atoms with Gasteiger partial charge in [0.1, 0.15) is 23.9 Å². The SMILES string of the molecule is COc1cccc(CO[C@H]2CN(Cc3ccc(CO)o3)CC(=O)N(CC(C)C)C2)c1. The van der Waals surface area contributed by atoms with Crippen molar-refractivity contribution < 1.29 is 23.8 Å². The maximum Gasteiger partial charge on any atom is 0.236 e. The second kappa shape index (κ2) is 10.6. The lowest BCUT2D eigenvalue weighted by molar-refractivity contribution is -0.132. The van der Waals surface area contributed by atoms with Crippen LogP contribution in [0.3, 0.4) is 0 Å². The molecule has 0 spiro atoms. The summed E-state index contributed by atoms with van der Waals surface area (Å²) < 4.78 is 17.2. The van der Waals surface area contributed by atoms with Crippen molar-refractivity contribution in [2.24, 2.45) is 5.92 Å². The first-order valence-electron chi connectivity index (χ1n) is 10.4. The summed E-state index contributed by atoms with van der Waals surface area (Å²) in [5.74, 6) is 2.55. The normalized spacial score (nSPS) is 18.1. The van der Waals surface area contributed by atoms with Gasteiger partial charge in [-0.25, -0.2) is 0 Å². The summed E-state index contributed by atoms with van der Waals surface area (Å²) in [6, 6.07) is 11.4. The molecule has 7 nitrogen and oxygen atoms in total. The molecule has 1 N–H and O–H groups in total. The van der Waals surface area contributed by atoms with E-state index in [0.29, 0.717) is 51.0 Å². The Kier molecular flexibility index (Phi) is 7.90. The van der Waals surface area contributed by atoms with E-state index in [1.54, 1.807) is 13.2 Å². The highest BCUT2D eigenvalue weighted by Crippen LogP contribution is 2.18. The van der Waals surface area contributed by atoms with Crippen molar-refractivity contribution in [1.29, 1.82) is 0 Å². The summed E-state index contributed by atoms with van der Waals surface area (Å²) in [6.07, 6.45) is -0.117. The predicted octanol–water partition coefficient (Wildman–Crippen LogP) is 2.67. The quantitative estimate of drug-likeness (QED) is 0.677. The van der Waals surface area contributed by atoms with Crippen molar-refractivity contribution in [3.63, 3.8) is 0 Å². The van der Waals surface area contributed by atoms with E-state index in [1.165, 1.54) is 0 Å². The third-order valence-corrected chi connectivity index (χ3v) is 5.06. The van der Waals surface area contributed by atoms with Crippen LogP contribution in [-0.4, -0.2) is 60.2 Å². The molecular formula is C23H32N2O5. The molecule has 3 rings (SSSR count). The Bertz CT molecular complexity index is 819. The number of hydrogen-bond acceptors (Lipinski definition) is 6. The van der Waals surface area contributed by atoms with Gasteiger partial charge in [0, 0.05) is 19.6 Å². The molecule has 7 heteroatoms.